The second kappa shape index (κ2) is 5.54. The molecule has 3 nitrogen and oxygen atoms in total. The first kappa shape index (κ1) is 14.7. The van der Waals surface area contributed by atoms with Crippen LogP contribution in [0.15, 0.2) is 47.5 Å². The zero-order chi connectivity index (χ0) is 15.9. The lowest BCUT2D eigenvalue weighted by Crippen LogP contribution is -2.05. The van der Waals surface area contributed by atoms with Crippen LogP contribution in [0.3, 0.4) is 0 Å². The molecule has 0 aliphatic heterocycles. The standard InChI is InChI=1S/C18H17NO2S/c1-12-4-6-15(7-5-12)22(21)19-9-8-16-17(11-20)13(2)10-14(3)18(16)19/h4-11H,1-3H3. The number of benzene rings is 2. The first-order valence-electron chi connectivity index (χ1n) is 7.08. The van der Waals surface area contributed by atoms with Crippen LogP contribution in [0.25, 0.3) is 10.9 Å². The SMILES string of the molecule is Cc1ccc(S(=O)n2ccc3c(C=O)c(C)cc(C)c32)cc1. The predicted molar refractivity (Wildman–Crippen MR) is 89.8 cm³/mol. The van der Waals surface area contributed by atoms with Gasteiger partial charge in [-0.25, -0.2) is 4.21 Å². The predicted octanol–water partition coefficient (Wildman–Crippen LogP) is 3.95. The molecule has 1 atom stereocenters. The van der Waals surface area contributed by atoms with Crippen LogP contribution >= 0.6 is 0 Å². The number of aromatic nitrogens is 1. The van der Waals surface area contributed by atoms with Crippen molar-refractivity contribution in [3.63, 3.8) is 0 Å². The Labute approximate surface area is 132 Å². The summed E-state index contributed by atoms with van der Waals surface area (Å²) >= 11 is 0. The summed E-state index contributed by atoms with van der Waals surface area (Å²) in [5.74, 6) is 0. The minimum atomic E-state index is -1.32. The molecular weight excluding hydrogens is 294 g/mol. The van der Waals surface area contributed by atoms with Crippen molar-refractivity contribution in [2.24, 2.45) is 0 Å². The number of carbonyl (C=O) groups is 1. The zero-order valence-electron chi connectivity index (χ0n) is 12.8. The van der Waals surface area contributed by atoms with Crippen molar-refractivity contribution in [2.45, 2.75) is 25.7 Å². The minimum absolute atomic E-state index is 0.667. The van der Waals surface area contributed by atoms with Gasteiger partial charge in [0.25, 0.3) is 0 Å². The number of aryl methyl sites for hydroxylation is 3. The van der Waals surface area contributed by atoms with Gasteiger partial charge in [-0.2, -0.15) is 0 Å². The van der Waals surface area contributed by atoms with Crippen molar-refractivity contribution in [1.29, 1.82) is 0 Å². The van der Waals surface area contributed by atoms with Crippen molar-refractivity contribution >= 4 is 28.2 Å². The Hall–Kier alpha value is -2.20. The maximum absolute atomic E-state index is 12.9. The molecular formula is C18H17NO2S. The van der Waals surface area contributed by atoms with Crippen LogP contribution in [0.5, 0.6) is 0 Å². The Bertz CT molecular complexity index is 892. The van der Waals surface area contributed by atoms with Gasteiger partial charge in [-0.3, -0.25) is 8.77 Å². The van der Waals surface area contributed by atoms with Gasteiger partial charge in [0.2, 0.25) is 0 Å². The van der Waals surface area contributed by atoms with Crippen LogP contribution in [0.4, 0.5) is 0 Å². The van der Waals surface area contributed by atoms with Gasteiger partial charge in [-0.1, -0.05) is 23.8 Å². The molecule has 0 aliphatic rings. The number of carbonyl (C=O) groups excluding carboxylic acids is 1. The van der Waals surface area contributed by atoms with Gasteiger partial charge in [0.1, 0.15) is 0 Å². The van der Waals surface area contributed by atoms with E-state index in [2.05, 4.69) is 0 Å². The number of fused-ring (bicyclic) bond motifs is 1. The van der Waals surface area contributed by atoms with Crippen molar-refractivity contribution in [3.8, 4) is 0 Å². The molecule has 112 valence electrons. The number of aldehydes is 1. The summed E-state index contributed by atoms with van der Waals surface area (Å²) in [5.41, 5.74) is 4.61. The highest BCUT2D eigenvalue weighted by atomic mass is 32.2. The first-order valence-corrected chi connectivity index (χ1v) is 8.19. The van der Waals surface area contributed by atoms with Crippen molar-refractivity contribution in [2.75, 3.05) is 0 Å². The Morgan fingerprint density at radius 2 is 1.68 bits per heavy atom. The monoisotopic (exact) mass is 311 g/mol. The molecule has 1 unspecified atom stereocenters. The van der Waals surface area contributed by atoms with Crippen LogP contribution in [-0.2, 0) is 11.0 Å². The van der Waals surface area contributed by atoms with E-state index in [1.807, 2.05) is 57.2 Å². The molecule has 0 aliphatic carbocycles. The maximum atomic E-state index is 12.9. The van der Waals surface area contributed by atoms with E-state index in [0.717, 1.165) is 38.8 Å². The molecule has 0 bridgehead atoms. The van der Waals surface area contributed by atoms with E-state index in [-0.39, 0.29) is 0 Å². The summed E-state index contributed by atoms with van der Waals surface area (Å²) in [6.45, 7) is 5.90. The number of nitrogens with zero attached hydrogens (tertiary/aromatic N) is 1. The third-order valence-corrected chi connectivity index (χ3v) is 5.23. The van der Waals surface area contributed by atoms with Crippen LogP contribution in [0, 0.1) is 20.8 Å². The smallest absolute Gasteiger partial charge is 0.157 e. The Morgan fingerprint density at radius 1 is 1.00 bits per heavy atom. The summed E-state index contributed by atoms with van der Waals surface area (Å²) in [6.07, 6.45) is 2.66. The van der Waals surface area contributed by atoms with Crippen molar-refractivity contribution in [1.82, 2.24) is 3.97 Å². The Morgan fingerprint density at radius 3 is 2.32 bits per heavy atom. The molecule has 0 saturated carbocycles. The lowest BCUT2D eigenvalue weighted by atomic mass is 10.0. The zero-order valence-corrected chi connectivity index (χ0v) is 13.6. The molecule has 0 saturated heterocycles. The van der Waals surface area contributed by atoms with E-state index in [0.29, 0.717) is 5.56 Å². The van der Waals surface area contributed by atoms with Crippen LogP contribution in [0.2, 0.25) is 0 Å². The highest BCUT2D eigenvalue weighted by Crippen LogP contribution is 2.27. The molecule has 0 fully saturated rings. The molecule has 0 spiro atoms. The third-order valence-electron chi connectivity index (χ3n) is 3.89. The van der Waals surface area contributed by atoms with Crippen molar-refractivity contribution < 1.29 is 9.00 Å². The molecule has 0 N–H and O–H groups in total. The molecule has 2 aromatic carbocycles. The van der Waals surface area contributed by atoms with Gasteiger partial charge in [0.15, 0.2) is 17.3 Å². The Kier molecular flexibility index (Phi) is 3.71. The average molecular weight is 311 g/mol. The van der Waals surface area contributed by atoms with E-state index in [9.17, 15) is 9.00 Å². The van der Waals surface area contributed by atoms with E-state index in [4.69, 9.17) is 0 Å². The van der Waals surface area contributed by atoms with Gasteiger partial charge < -0.3 is 0 Å². The number of hydrogen-bond donors (Lipinski definition) is 0. The third kappa shape index (κ3) is 2.29. The first-order chi connectivity index (χ1) is 10.5. The molecule has 0 radical (unpaired) electrons. The minimum Gasteiger partial charge on any atom is -0.298 e. The van der Waals surface area contributed by atoms with Crippen LogP contribution < -0.4 is 0 Å². The van der Waals surface area contributed by atoms with Crippen molar-refractivity contribution in [3.05, 3.63) is 64.8 Å². The fourth-order valence-corrected chi connectivity index (χ4v) is 3.94. The summed E-state index contributed by atoms with van der Waals surface area (Å²) in [6, 6.07) is 11.5. The molecule has 0 amide bonds. The molecule has 22 heavy (non-hydrogen) atoms. The second-order valence-electron chi connectivity index (χ2n) is 5.51. The molecule has 1 aromatic heterocycles. The highest BCUT2D eigenvalue weighted by molar-refractivity contribution is 7.83. The lowest BCUT2D eigenvalue weighted by Gasteiger charge is -2.10. The fourth-order valence-electron chi connectivity index (χ4n) is 2.76. The molecule has 1 heterocycles. The highest BCUT2D eigenvalue weighted by Gasteiger charge is 2.15. The number of hydrogen-bond acceptors (Lipinski definition) is 2. The summed E-state index contributed by atoms with van der Waals surface area (Å²) in [5, 5.41) is 0.855. The topological polar surface area (TPSA) is 39.1 Å². The van der Waals surface area contributed by atoms with Gasteiger partial charge >= 0.3 is 0 Å². The van der Waals surface area contributed by atoms with E-state index in [1.54, 1.807) is 10.2 Å². The largest absolute Gasteiger partial charge is 0.298 e. The van der Waals surface area contributed by atoms with E-state index < -0.39 is 11.0 Å². The fraction of sp³-hybridized carbons (Fsp3) is 0.167. The second-order valence-corrected chi connectivity index (χ2v) is 6.87. The van der Waals surface area contributed by atoms with E-state index >= 15 is 0 Å². The number of rotatable bonds is 3. The molecule has 3 aromatic rings. The summed E-state index contributed by atoms with van der Waals surface area (Å²) < 4.78 is 14.6. The Balaban J connectivity index is 2.22. The van der Waals surface area contributed by atoms with Gasteiger partial charge in [0, 0.05) is 17.1 Å². The normalized spacial score (nSPS) is 12.5. The van der Waals surface area contributed by atoms with Crippen LogP contribution in [-0.4, -0.2) is 14.5 Å². The average Bonchev–Trinajstić information content (AvgIpc) is 2.93. The van der Waals surface area contributed by atoms with E-state index in [1.165, 1.54) is 0 Å². The maximum Gasteiger partial charge on any atom is 0.157 e. The lowest BCUT2D eigenvalue weighted by molar-refractivity contribution is 0.112. The molecule has 4 heteroatoms. The summed E-state index contributed by atoms with van der Waals surface area (Å²) in [7, 11) is -1.32. The summed E-state index contributed by atoms with van der Waals surface area (Å²) in [4.78, 5) is 12.1. The van der Waals surface area contributed by atoms with Gasteiger partial charge in [-0.15, -0.1) is 0 Å². The van der Waals surface area contributed by atoms with Crippen LogP contribution in [0.1, 0.15) is 27.0 Å². The van der Waals surface area contributed by atoms with Gasteiger partial charge in [0.05, 0.1) is 10.4 Å². The quantitative estimate of drug-likeness (QED) is 0.687. The van der Waals surface area contributed by atoms with Gasteiger partial charge in [-0.05, 0) is 50.1 Å². The molecule has 3 rings (SSSR count).